The Bertz CT molecular complexity index is 1060. The van der Waals surface area contributed by atoms with Crippen LogP contribution in [0.2, 0.25) is 0 Å². The summed E-state index contributed by atoms with van der Waals surface area (Å²) in [7, 11) is -0.811. The molecular weight excluding hydrogens is 452 g/mol. The summed E-state index contributed by atoms with van der Waals surface area (Å²) >= 11 is 0. The molecule has 0 unspecified atom stereocenters. The molecule has 1 heterocycles. The molecule has 1 N–H and O–H groups in total. The Balaban J connectivity index is 1.91. The molecule has 1 aliphatic rings. The Morgan fingerprint density at radius 3 is 2.18 bits per heavy atom. The number of carbonyl (C=O) groups excluding carboxylic acids is 1. The van der Waals surface area contributed by atoms with Gasteiger partial charge in [-0.2, -0.15) is 0 Å². The van der Waals surface area contributed by atoms with Crippen LogP contribution < -0.4 is 14.2 Å². The van der Waals surface area contributed by atoms with Crippen LogP contribution in [0.15, 0.2) is 47.4 Å². The van der Waals surface area contributed by atoms with Gasteiger partial charge in [0.2, 0.25) is 10.0 Å². The molecule has 7 nitrogen and oxygen atoms in total. The zero-order valence-electron chi connectivity index (χ0n) is 20.5. The fourth-order valence-corrected chi connectivity index (χ4v) is 5.54. The lowest BCUT2D eigenvalue weighted by Gasteiger charge is -2.23. The Hall–Kier alpha value is -2.58. The van der Waals surface area contributed by atoms with E-state index in [1.54, 1.807) is 18.1 Å². The average Bonchev–Trinajstić information content (AvgIpc) is 3.12. The third kappa shape index (κ3) is 6.51. The van der Waals surface area contributed by atoms with Crippen molar-refractivity contribution in [3.8, 4) is 11.5 Å². The van der Waals surface area contributed by atoms with Crippen molar-refractivity contribution in [1.82, 2.24) is 9.62 Å². The predicted molar refractivity (Wildman–Crippen MR) is 133 cm³/mol. The van der Waals surface area contributed by atoms with Crippen LogP contribution in [0.1, 0.15) is 67.9 Å². The fraction of sp³-hybridized carbons (Fsp3) is 0.500. The van der Waals surface area contributed by atoms with Gasteiger partial charge in [0, 0.05) is 19.1 Å². The number of nitrogens with one attached hydrogen (secondary N) is 1. The van der Waals surface area contributed by atoms with Crippen LogP contribution >= 0.6 is 0 Å². The number of benzene rings is 2. The van der Waals surface area contributed by atoms with E-state index in [0.717, 1.165) is 31.2 Å². The Labute approximate surface area is 203 Å². The highest BCUT2D eigenvalue weighted by molar-refractivity contribution is 7.89. The second-order valence-electron chi connectivity index (χ2n) is 9.15. The lowest BCUT2D eigenvalue weighted by molar-refractivity contribution is 0.0758. The van der Waals surface area contributed by atoms with Crippen LogP contribution in [0.5, 0.6) is 11.5 Å². The van der Waals surface area contributed by atoms with Gasteiger partial charge in [0.05, 0.1) is 24.7 Å². The number of hydrogen-bond acceptors (Lipinski definition) is 5. The van der Waals surface area contributed by atoms with Gasteiger partial charge >= 0.3 is 0 Å². The topological polar surface area (TPSA) is 84.9 Å². The molecule has 0 aliphatic carbocycles. The monoisotopic (exact) mass is 488 g/mol. The van der Waals surface area contributed by atoms with Crippen molar-refractivity contribution in [3.63, 3.8) is 0 Å². The maximum atomic E-state index is 13.4. The first-order valence-electron chi connectivity index (χ1n) is 11.9. The molecule has 186 valence electrons. The molecule has 0 aromatic heterocycles. The summed E-state index contributed by atoms with van der Waals surface area (Å²) in [6, 6.07) is 11.5. The molecule has 2 aromatic rings. The van der Waals surface area contributed by atoms with Gasteiger partial charge in [-0.05, 0) is 61.1 Å². The smallest absolute Gasteiger partial charge is 0.257 e. The molecule has 2 aromatic carbocycles. The van der Waals surface area contributed by atoms with E-state index >= 15 is 0 Å². The highest BCUT2D eigenvalue weighted by Crippen LogP contribution is 2.29. The normalized spacial score (nSPS) is 15.6. The standard InChI is InChI=1S/C26H36N2O5S/c1-19(2)17-24(20-9-11-21(32-3)12-10-20)27-34(30,31)22-13-14-25(33-4)23(18-22)26(29)28-15-7-5-6-8-16-28/h9-14,18-19,24,27H,5-8,15-17H2,1-4H3/t24-/m0/s1. The molecule has 0 bridgehead atoms. The molecule has 1 atom stereocenters. The van der Waals surface area contributed by atoms with Gasteiger partial charge in [0.1, 0.15) is 11.5 Å². The first-order valence-corrected chi connectivity index (χ1v) is 13.4. The number of rotatable bonds is 9. The molecule has 1 amide bonds. The highest BCUT2D eigenvalue weighted by atomic mass is 32.2. The largest absolute Gasteiger partial charge is 0.497 e. The van der Waals surface area contributed by atoms with Crippen LogP contribution in [0.3, 0.4) is 0 Å². The van der Waals surface area contributed by atoms with E-state index in [4.69, 9.17) is 9.47 Å². The Kier molecular flexibility index (Phi) is 8.97. The zero-order chi connectivity index (χ0) is 24.7. The number of methoxy groups -OCH3 is 2. The summed E-state index contributed by atoms with van der Waals surface area (Å²) in [5.74, 6) is 1.17. The SMILES string of the molecule is COc1ccc([C@H](CC(C)C)NS(=O)(=O)c2ccc(OC)c(C(=O)N3CCCCCC3)c2)cc1. The molecular formula is C26H36N2O5S. The summed E-state index contributed by atoms with van der Waals surface area (Å²) in [5.41, 5.74) is 1.13. The van der Waals surface area contributed by atoms with E-state index in [2.05, 4.69) is 18.6 Å². The maximum Gasteiger partial charge on any atom is 0.257 e. The number of ether oxygens (including phenoxy) is 2. The molecule has 1 aliphatic heterocycles. The van der Waals surface area contributed by atoms with Crippen LogP contribution in [-0.4, -0.2) is 46.5 Å². The number of carbonyl (C=O) groups is 1. The zero-order valence-corrected chi connectivity index (χ0v) is 21.4. The lowest BCUT2D eigenvalue weighted by Crippen LogP contribution is -2.33. The van der Waals surface area contributed by atoms with Gasteiger partial charge in [0.15, 0.2) is 0 Å². The van der Waals surface area contributed by atoms with E-state index in [1.807, 2.05) is 24.3 Å². The minimum Gasteiger partial charge on any atom is -0.497 e. The van der Waals surface area contributed by atoms with Crippen molar-refractivity contribution in [2.45, 2.75) is 56.9 Å². The van der Waals surface area contributed by atoms with Crippen LogP contribution in [0.4, 0.5) is 0 Å². The number of nitrogens with zero attached hydrogens (tertiary/aromatic N) is 1. The third-order valence-electron chi connectivity index (χ3n) is 6.13. The number of hydrogen-bond donors (Lipinski definition) is 1. The van der Waals surface area contributed by atoms with Gasteiger partial charge < -0.3 is 14.4 Å². The first kappa shape index (κ1) is 26.0. The molecule has 3 rings (SSSR count). The van der Waals surface area contributed by atoms with Crippen molar-refractivity contribution in [2.75, 3.05) is 27.3 Å². The van der Waals surface area contributed by atoms with Crippen molar-refractivity contribution >= 4 is 15.9 Å². The van der Waals surface area contributed by atoms with E-state index in [0.29, 0.717) is 31.0 Å². The summed E-state index contributed by atoms with van der Waals surface area (Å²) < 4.78 is 40.3. The van der Waals surface area contributed by atoms with Gasteiger partial charge in [0.25, 0.3) is 5.91 Å². The minimum absolute atomic E-state index is 0.0498. The van der Waals surface area contributed by atoms with E-state index in [1.165, 1.54) is 19.2 Å². The minimum atomic E-state index is -3.90. The van der Waals surface area contributed by atoms with Crippen LogP contribution in [0, 0.1) is 5.92 Å². The van der Waals surface area contributed by atoms with Gasteiger partial charge in [-0.15, -0.1) is 0 Å². The second kappa shape index (κ2) is 11.7. The van der Waals surface area contributed by atoms with E-state index in [9.17, 15) is 13.2 Å². The summed E-state index contributed by atoms with van der Waals surface area (Å²) in [5, 5.41) is 0. The number of likely N-dealkylation sites (tertiary alicyclic amines) is 1. The molecule has 34 heavy (non-hydrogen) atoms. The number of sulfonamides is 1. The van der Waals surface area contributed by atoms with Crippen LogP contribution in [-0.2, 0) is 10.0 Å². The first-order chi connectivity index (χ1) is 16.2. The molecule has 1 fully saturated rings. The molecule has 0 spiro atoms. The summed E-state index contributed by atoms with van der Waals surface area (Å²) in [4.78, 5) is 15.1. The second-order valence-corrected chi connectivity index (χ2v) is 10.9. The Morgan fingerprint density at radius 2 is 1.62 bits per heavy atom. The van der Waals surface area contributed by atoms with Gasteiger partial charge in [-0.3, -0.25) is 4.79 Å². The van der Waals surface area contributed by atoms with Crippen molar-refractivity contribution in [3.05, 3.63) is 53.6 Å². The number of amides is 1. The highest BCUT2D eigenvalue weighted by Gasteiger charge is 2.26. The third-order valence-corrected chi connectivity index (χ3v) is 7.60. The Morgan fingerprint density at radius 1 is 0.971 bits per heavy atom. The van der Waals surface area contributed by atoms with Crippen molar-refractivity contribution < 1.29 is 22.7 Å². The van der Waals surface area contributed by atoms with Crippen molar-refractivity contribution in [2.24, 2.45) is 5.92 Å². The molecule has 0 saturated carbocycles. The predicted octanol–water partition coefficient (Wildman–Crippen LogP) is 4.79. The van der Waals surface area contributed by atoms with E-state index < -0.39 is 16.1 Å². The summed E-state index contributed by atoms with van der Waals surface area (Å²) in [6.07, 6.45) is 4.73. The molecule has 8 heteroatoms. The summed E-state index contributed by atoms with van der Waals surface area (Å²) in [6.45, 7) is 5.45. The molecule has 1 saturated heterocycles. The molecule has 0 radical (unpaired) electrons. The van der Waals surface area contributed by atoms with Gasteiger partial charge in [-0.1, -0.05) is 38.8 Å². The van der Waals surface area contributed by atoms with Crippen molar-refractivity contribution in [1.29, 1.82) is 0 Å². The fourth-order valence-electron chi connectivity index (χ4n) is 4.28. The quantitative estimate of drug-likeness (QED) is 0.549. The van der Waals surface area contributed by atoms with Crippen LogP contribution in [0.25, 0.3) is 0 Å². The van der Waals surface area contributed by atoms with Gasteiger partial charge in [-0.25, -0.2) is 13.1 Å². The maximum absolute atomic E-state index is 13.4. The average molecular weight is 489 g/mol. The van der Waals surface area contributed by atoms with E-state index in [-0.39, 0.29) is 22.3 Å². The lowest BCUT2D eigenvalue weighted by atomic mass is 9.98.